The largest absolute Gasteiger partial charge is 0.314 e. The summed E-state index contributed by atoms with van der Waals surface area (Å²) in [5, 5.41) is 3.51. The van der Waals surface area contributed by atoms with E-state index in [0.717, 1.165) is 25.6 Å². The minimum atomic E-state index is 0.698. The van der Waals surface area contributed by atoms with E-state index in [2.05, 4.69) is 54.4 Å². The summed E-state index contributed by atoms with van der Waals surface area (Å²) in [6.45, 7) is 9.17. The maximum atomic E-state index is 3.51. The van der Waals surface area contributed by atoms with Crippen LogP contribution in [0.25, 0.3) is 0 Å². The van der Waals surface area contributed by atoms with Gasteiger partial charge in [-0.15, -0.1) is 0 Å². The molecule has 2 nitrogen and oxygen atoms in total. The fraction of sp³-hybridized carbons (Fsp3) is 0.600. The molecule has 0 bridgehead atoms. The number of rotatable bonds is 4. The molecule has 1 aliphatic rings. The van der Waals surface area contributed by atoms with E-state index in [0.29, 0.717) is 6.04 Å². The van der Waals surface area contributed by atoms with Gasteiger partial charge >= 0.3 is 0 Å². The van der Waals surface area contributed by atoms with Crippen LogP contribution in [-0.4, -0.2) is 30.6 Å². The second kappa shape index (κ2) is 6.18. The monoisotopic (exact) mass is 232 g/mol. The van der Waals surface area contributed by atoms with Crippen LogP contribution in [0.5, 0.6) is 0 Å². The van der Waals surface area contributed by atoms with Gasteiger partial charge in [0.15, 0.2) is 0 Å². The van der Waals surface area contributed by atoms with Gasteiger partial charge in [0.25, 0.3) is 0 Å². The van der Waals surface area contributed by atoms with Gasteiger partial charge in [-0.1, -0.05) is 44.2 Å². The molecule has 0 aromatic heterocycles. The lowest BCUT2D eigenvalue weighted by Gasteiger charge is -2.37. The summed E-state index contributed by atoms with van der Waals surface area (Å²) in [6, 6.07) is 11.5. The van der Waals surface area contributed by atoms with Crippen molar-refractivity contribution in [1.82, 2.24) is 10.2 Å². The Bertz CT molecular complexity index is 321. The highest BCUT2D eigenvalue weighted by atomic mass is 15.2. The van der Waals surface area contributed by atoms with Crippen molar-refractivity contribution in [2.75, 3.05) is 19.6 Å². The van der Waals surface area contributed by atoms with Crippen molar-refractivity contribution in [2.45, 2.75) is 32.9 Å². The van der Waals surface area contributed by atoms with Crippen LogP contribution < -0.4 is 5.32 Å². The summed E-state index contributed by atoms with van der Waals surface area (Å²) in [5.41, 5.74) is 1.43. The predicted octanol–water partition coefficient (Wildman–Crippen LogP) is 2.51. The summed E-state index contributed by atoms with van der Waals surface area (Å²) in [5.74, 6) is 0.776. The van der Waals surface area contributed by atoms with E-state index < -0.39 is 0 Å². The number of nitrogens with zero attached hydrogens (tertiary/aromatic N) is 1. The molecule has 2 heteroatoms. The number of hydrogen-bond acceptors (Lipinski definition) is 2. The molecule has 17 heavy (non-hydrogen) atoms. The molecule has 0 saturated carbocycles. The van der Waals surface area contributed by atoms with Crippen LogP contribution in [0.2, 0.25) is 0 Å². The Hall–Kier alpha value is -0.860. The highest BCUT2D eigenvalue weighted by Crippen LogP contribution is 2.16. The standard InChI is InChI=1S/C15H24N2/c1-13(2)10-15-11-16-8-9-17(15)12-14-6-4-3-5-7-14/h3-7,13,15-16H,8-12H2,1-2H3. The number of piperazine rings is 1. The second-order valence-corrected chi connectivity index (χ2v) is 5.44. The molecule has 1 unspecified atom stereocenters. The minimum Gasteiger partial charge on any atom is -0.314 e. The van der Waals surface area contributed by atoms with Crippen LogP contribution in [0, 0.1) is 5.92 Å². The fourth-order valence-corrected chi connectivity index (χ4v) is 2.61. The smallest absolute Gasteiger partial charge is 0.0237 e. The van der Waals surface area contributed by atoms with Crippen molar-refractivity contribution in [1.29, 1.82) is 0 Å². The van der Waals surface area contributed by atoms with Gasteiger partial charge in [-0.25, -0.2) is 0 Å². The third kappa shape index (κ3) is 3.83. The summed E-state index contributed by atoms with van der Waals surface area (Å²) in [6.07, 6.45) is 1.29. The van der Waals surface area contributed by atoms with Crippen molar-refractivity contribution < 1.29 is 0 Å². The van der Waals surface area contributed by atoms with Crippen LogP contribution in [0.4, 0.5) is 0 Å². The zero-order valence-electron chi connectivity index (χ0n) is 11.0. The second-order valence-electron chi connectivity index (χ2n) is 5.44. The highest BCUT2D eigenvalue weighted by Gasteiger charge is 2.22. The number of nitrogens with one attached hydrogen (secondary N) is 1. The van der Waals surface area contributed by atoms with Gasteiger partial charge in [0.05, 0.1) is 0 Å². The van der Waals surface area contributed by atoms with Crippen molar-refractivity contribution in [2.24, 2.45) is 5.92 Å². The maximum Gasteiger partial charge on any atom is 0.0237 e. The van der Waals surface area contributed by atoms with Crippen molar-refractivity contribution >= 4 is 0 Å². The first kappa shape index (κ1) is 12.6. The first-order chi connectivity index (χ1) is 8.25. The van der Waals surface area contributed by atoms with Crippen molar-refractivity contribution in [3.63, 3.8) is 0 Å². The molecular formula is C15H24N2. The van der Waals surface area contributed by atoms with Gasteiger partial charge in [-0.3, -0.25) is 4.90 Å². The van der Waals surface area contributed by atoms with Gasteiger partial charge in [0.2, 0.25) is 0 Å². The molecule has 1 aromatic rings. The first-order valence-electron chi connectivity index (χ1n) is 6.74. The van der Waals surface area contributed by atoms with Crippen molar-refractivity contribution in [3.8, 4) is 0 Å². The maximum absolute atomic E-state index is 3.51. The van der Waals surface area contributed by atoms with Gasteiger partial charge in [0, 0.05) is 32.2 Å². The van der Waals surface area contributed by atoms with E-state index in [4.69, 9.17) is 0 Å². The number of hydrogen-bond donors (Lipinski definition) is 1. The quantitative estimate of drug-likeness (QED) is 0.858. The predicted molar refractivity (Wildman–Crippen MR) is 73.0 cm³/mol. The molecule has 0 amide bonds. The average molecular weight is 232 g/mol. The molecule has 1 N–H and O–H groups in total. The van der Waals surface area contributed by atoms with Crippen LogP contribution in [0.15, 0.2) is 30.3 Å². The molecule has 1 fully saturated rings. The van der Waals surface area contributed by atoms with E-state index in [-0.39, 0.29) is 0 Å². The Kier molecular flexibility index (Phi) is 4.57. The molecule has 1 aliphatic heterocycles. The fourth-order valence-electron chi connectivity index (χ4n) is 2.61. The first-order valence-corrected chi connectivity index (χ1v) is 6.74. The molecule has 0 spiro atoms. The van der Waals surface area contributed by atoms with Crippen LogP contribution >= 0.6 is 0 Å². The Labute approximate surface area is 105 Å². The molecule has 1 saturated heterocycles. The van der Waals surface area contributed by atoms with Gasteiger partial charge in [-0.2, -0.15) is 0 Å². The molecule has 94 valence electrons. The lowest BCUT2D eigenvalue weighted by atomic mass is 10.00. The molecule has 1 atom stereocenters. The van der Waals surface area contributed by atoms with E-state index in [9.17, 15) is 0 Å². The third-order valence-corrected chi connectivity index (χ3v) is 3.44. The molecular weight excluding hydrogens is 208 g/mol. The van der Waals surface area contributed by atoms with Gasteiger partial charge in [-0.05, 0) is 17.9 Å². The third-order valence-electron chi connectivity index (χ3n) is 3.44. The highest BCUT2D eigenvalue weighted by molar-refractivity contribution is 5.14. The molecule has 0 aliphatic carbocycles. The minimum absolute atomic E-state index is 0.698. The average Bonchev–Trinajstić information content (AvgIpc) is 2.32. The Morgan fingerprint density at radius 1 is 1.29 bits per heavy atom. The van der Waals surface area contributed by atoms with Gasteiger partial charge in [0.1, 0.15) is 0 Å². The van der Waals surface area contributed by atoms with Crippen molar-refractivity contribution in [3.05, 3.63) is 35.9 Å². The summed E-state index contributed by atoms with van der Waals surface area (Å²) >= 11 is 0. The summed E-state index contributed by atoms with van der Waals surface area (Å²) < 4.78 is 0. The molecule has 2 rings (SSSR count). The summed E-state index contributed by atoms with van der Waals surface area (Å²) in [4.78, 5) is 2.63. The SMILES string of the molecule is CC(C)CC1CNCCN1Cc1ccccc1. The zero-order valence-corrected chi connectivity index (χ0v) is 11.0. The Balaban J connectivity index is 1.96. The Morgan fingerprint density at radius 2 is 2.06 bits per heavy atom. The number of benzene rings is 1. The van der Waals surface area contributed by atoms with E-state index in [1.165, 1.54) is 18.5 Å². The van der Waals surface area contributed by atoms with Crippen LogP contribution in [-0.2, 0) is 6.54 Å². The molecule has 1 heterocycles. The van der Waals surface area contributed by atoms with Crippen LogP contribution in [0.1, 0.15) is 25.8 Å². The molecule has 0 radical (unpaired) electrons. The topological polar surface area (TPSA) is 15.3 Å². The molecule has 1 aromatic carbocycles. The van der Waals surface area contributed by atoms with E-state index in [1.54, 1.807) is 0 Å². The normalized spacial score (nSPS) is 21.9. The Morgan fingerprint density at radius 3 is 2.76 bits per heavy atom. The lowest BCUT2D eigenvalue weighted by Crippen LogP contribution is -2.51. The lowest BCUT2D eigenvalue weighted by molar-refractivity contribution is 0.134. The zero-order chi connectivity index (χ0) is 12.1. The van der Waals surface area contributed by atoms with Gasteiger partial charge < -0.3 is 5.32 Å². The van der Waals surface area contributed by atoms with Crippen LogP contribution in [0.3, 0.4) is 0 Å². The van der Waals surface area contributed by atoms with E-state index in [1.807, 2.05) is 0 Å². The van der Waals surface area contributed by atoms with E-state index >= 15 is 0 Å². The summed E-state index contributed by atoms with van der Waals surface area (Å²) in [7, 11) is 0.